The normalized spacial score (nSPS) is 11.7. The zero-order chi connectivity index (χ0) is 20.4. The topological polar surface area (TPSA) is 45.7 Å². The number of ether oxygens (including phenoxy) is 1. The summed E-state index contributed by atoms with van der Waals surface area (Å²) in [6.07, 6.45) is -4.33. The maximum Gasteiger partial charge on any atom is 0.411 e. The van der Waals surface area contributed by atoms with Crippen LogP contribution in [0, 0.1) is 5.82 Å². The molecule has 0 saturated heterocycles. The van der Waals surface area contributed by atoms with Gasteiger partial charge in [0.2, 0.25) is 0 Å². The summed E-state index contributed by atoms with van der Waals surface area (Å²) in [5, 5.41) is 6.27. The van der Waals surface area contributed by atoms with Gasteiger partial charge in [-0.25, -0.2) is 9.38 Å². The van der Waals surface area contributed by atoms with Crippen molar-refractivity contribution in [1.29, 1.82) is 0 Å². The van der Waals surface area contributed by atoms with Gasteiger partial charge in [-0.2, -0.15) is 13.2 Å². The smallest absolute Gasteiger partial charge is 0.367 e. The van der Waals surface area contributed by atoms with Crippen molar-refractivity contribution < 1.29 is 22.3 Å². The SMILES string of the molecule is CCNC(=NCc1cccc(COCC(F)(F)F)c1)NCc1ccc(F)cc1.I. The van der Waals surface area contributed by atoms with Crippen LogP contribution in [0.5, 0.6) is 0 Å². The molecule has 0 fully saturated rings. The van der Waals surface area contributed by atoms with Crippen LogP contribution in [0.4, 0.5) is 17.6 Å². The fraction of sp³-hybridized carbons (Fsp3) is 0.350. The van der Waals surface area contributed by atoms with E-state index < -0.39 is 12.8 Å². The Bertz CT molecular complexity index is 767. The molecule has 4 nitrogen and oxygen atoms in total. The van der Waals surface area contributed by atoms with Crippen molar-refractivity contribution in [2.24, 2.45) is 4.99 Å². The van der Waals surface area contributed by atoms with Gasteiger partial charge in [0, 0.05) is 13.1 Å². The summed E-state index contributed by atoms with van der Waals surface area (Å²) in [5.41, 5.74) is 2.42. The van der Waals surface area contributed by atoms with Crippen LogP contribution in [0.3, 0.4) is 0 Å². The van der Waals surface area contributed by atoms with Crippen LogP contribution in [0.15, 0.2) is 53.5 Å². The van der Waals surface area contributed by atoms with E-state index in [-0.39, 0.29) is 36.4 Å². The highest BCUT2D eigenvalue weighted by atomic mass is 127. The fourth-order valence-electron chi connectivity index (χ4n) is 2.40. The number of aliphatic imine (C=N–C) groups is 1. The average molecular weight is 525 g/mol. The molecule has 0 aliphatic rings. The van der Waals surface area contributed by atoms with E-state index in [1.807, 2.05) is 13.0 Å². The molecule has 0 aliphatic carbocycles. The Morgan fingerprint density at radius 1 is 1.00 bits per heavy atom. The van der Waals surface area contributed by atoms with Gasteiger partial charge in [0.25, 0.3) is 0 Å². The highest BCUT2D eigenvalue weighted by Gasteiger charge is 2.27. The third kappa shape index (κ3) is 10.5. The summed E-state index contributed by atoms with van der Waals surface area (Å²) in [4.78, 5) is 4.48. The summed E-state index contributed by atoms with van der Waals surface area (Å²) in [6, 6.07) is 13.3. The standard InChI is InChI=1S/C20H23F4N3O.HI/c1-2-25-19(26-11-15-6-8-18(21)9-7-15)27-12-16-4-3-5-17(10-16)13-28-14-20(22,23)24;/h3-10H,2,11-14H2,1H3,(H2,25,26,27);1H. The van der Waals surface area contributed by atoms with E-state index in [0.29, 0.717) is 31.2 Å². The summed E-state index contributed by atoms with van der Waals surface area (Å²) in [7, 11) is 0. The van der Waals surface area contributed by atoms with Gasteiger partial charge in [0.05, 0.1) is 13.2 Å². The molecule has 2 aromatic rings. The van der Waals surface area contributed by atoms with E-state index in [1.165, 1.54) is 12.1 Å². The number of nitrogens with zero attached hydrogens (tertiary/aromatic N) is 1. The number of alkyl halides is 3. The number of hydrogen-bond acceptors (Lipinski definition) is 2. The first-order chi connectivity index (χ1) is 13.4. The van der Waals surface area contributed by atoms with E-state index in [0.717, 1.165) is 11.1 Å². The van der Waals surface area contributed by atoms with Crippen LogP contribution in [0.2, 0.25) is 0 Å². The molecule has 0 radical (unpaired) electrons. The Morgan fingerprint density at radius 3 is 2.34 bits per heavy atom. The first kappa shape index (κ1) is 25.2. The minimum absolute atomic E-state index is 0. The minimum Gasteiger partial charge on any atom is -0.367 e. The number of halogens is 5. The van der Waals surface area contributed by atoms with Gasteiger partial charge < -0.3 is 15.4 Å². The monoisotopic (exact) mass is 525 g/mol. The van der Waals surface area contributed by atoms with E-state index in [9.17, 15) is 17.6 Å². The molecule has 160 valence electrons. The molecule has 0 unspecified atom stereocenters. The van der Waals surface area contributed by atoms with Crippen molar-refractivity contribution in [2.75, 3.05) is 13.2 Å². The third-order valence-electron chi connectivity index (χ3n) is 3.66. The highest BCUT2D eigenvalue weighted by Crippen LogP contribution is 2.16. The second-order valence-corrected chi connectivity index (χ2v) is 6.10. The van der Waals surface area contributed by atoms with Crippen LogP contribution in [-0.2, 0) is 24.4 Å². The summed E-state index contributed by atoms with van der Waals surface area (Å²) >= 11 is 0. The Kier molecular flexibility index (Phi) is 11.0. The third-order valence-corrected chi connectivity index (χ3v) is 3.66. The van der Waals surface area contributed by atoms with E-state index in [1.54, 1.807) is 30.3 Å². The molecule has 0 amide bonds. The molecule has 0 atom stereocenters. The largest absolute Gasteiger partial charge is 0.411 e. The highest BCUT2D eigenvalue weighted by molar-refractivity contribution is 14.0. The van der Waals surface area contributed by atoms with Crippen LogP contribution in [0.1, 0.15) is 23.6 Å². The number of rotatable bonds is 8. The lowest BCUT2D eigenvalue weighted by Gasteiger charge is -2.12. The number of benzene rings is 2. The predicted molar refractivity (Wildman–Crippen MR) is 116 cm³/mol. The van der Waals surface area contributed by atoms with Crippen molar-refractivity contribution >= 4 is 29.9 Å². The maximum atomic E-state index is 13.0. The fourth-order valence-corrected chi connectivity index (χ4v) is 2.40. The average Bonchev–Trinajstić information content (AvgIpc) is 2.65. The Hall–Kier alpha value is -1.88. The molecule has 0 aliphatic heterocycles. The first-order valence-electron chi connectivity index (χ1n) is 8.84. The van der Waals surface area contributed by atoms with Gasteiger partial charge in [-0.3, -0.25) is 0 Å². The Labute approximate surface area is 184 Å². The van der Waals surface area contributed by atoms with Crippen LogP contribution in [0.25, 0.3) is 0 Å². The van der Waals surface area contributed by atoms with Gasteiger partial charge in [-0.05, 0) is 35.7 Å². The van der Waals surface area contributed by atoms with Crippen molar-refractivity contribution in [3.05, 3.63) is 71.0 Å². The molecule has 0 heterocycles. The maximum absolute atomic E-state index is 13.0. The number of nitrogens with one attached hydrogen (secondary N) is 2. The van der Waals surface area contributed by atoms with Gasteiger partial charge in [-0.1, -0.05) is 36.4 Å². The molecule has 0 spiro atoms. The molecular formula is C20H24F4IN3O. The molecule has 29 heavy (non-hydrogen) atoms. The van der Waals surface area contributed by atoms with E-state index in [4.69, 9.17) is 0 Å². The summed E-state index contributed by atoms with van der Waals surface area (Å²) < 4.78 is 54.1. The number of guanidine groups is 1. The zero-order valence-corrected chi connectivity index (χ0v) is 18.3. The lowest BCUT2D eigenvalue weighted by atomic mass is 10.1. The van der Waals surface area contributed by atoms with Crippen LogP contribution in [-0.4, -0.2) is 25.3 Å². The predicted octanol–water partition coefficient (Wildman–Crippen LogP) is 4.78. The Balaban J connectivity index is 0.00000420. The van der Waals surface area contributed by atoms with Crippen molar-refractivity contribution in [3.8, 4) is 0 Å². The molecular weight excluding hydrogens is 501 g/mol. The molecule has 0 saturated carbocycles. The van der Waals surface area contributed by atoms with Gasteiger partial charge in [0.15, 0.2) is 5.96 Å². The quantitative estimate of drug-likeness (QED) is 0.226. The van der Waals surface area contributed by atoms with Crippen molar-refractivity contribution in [3.63, 3.8) is 0 Å². The second-order valence-electron chi connectivity index (χ2n) is 6.10. The molecule has 0 bridgehead atoms. The van der Waals surface area contributed by atoms with E-state index >= 15 is 0 Å². The number of hydrogen-bond donors (Lipinski definition) is 2. The van der Waals surface area contributed by atoms with Crippen LogP contribution >= 0.6 is 24.0 Å². The van der Waals surface area contributed by atoms with Crippen molar-refractivity contribution in [1.82, 2.24) is 10.6 Å². The zero-order valence-electron chi connectivity index (χ0n) is 15.9. The molecule has 2 rings (SSSR count). The first-order valence-corrected chi connectivity index (χ1v) is 8.84. The lowest BCUT2D eigenvalue weighted by molar-refractivity contribution is -0.176. The molecule has 9 heteroatoms. The van der Waals surface area contributed by atoms with Crippen molar-refractivity contribution in [2.45, 2.75) is 32.8 Å². The van der Waals surface area contributed by atoms with Crippen LogP contribution < -0.4 is 10.6 Å². The van der Waals surface area contributed by atoms with Gasteiger partial charge in [-0.15, -0.1) is 24.0 Å². The van der Waals surface area contributed by atoms with Gasteiger partial charge in [0.1, 0.15) is 12.4 Å². The molecule has 0 aromatic heterocycles. The van der Waals surface area contributed by atoms with E-state index in [2.05, 4.69) is 20.4 Å². The summed E-state index contributed by atoms with van der Waals surface area (Å²) in [6.45, 7) is 2.06. The molecule has 2 N–H and O–H groups in total. The second kappa shape index (κ2) is 12.6. The Morgan fingerprint density at radius 2 is 1.69 bits per heavy atom. The summed E-state index contributed by atoms with van der Waals surface area (Å²) in [5.74, 6) is 0.300. The lowest BCUT2D eigenvalue weighted by Crippen LogP contribution is -2.36. The van der Waals surface area contributed by atoms with Gasteiger partial charge >= 0.3 is 6.18 Å². The molecule has 2 aromatic carbocycles. The minimum atomic E-state index is -4.33.